The Bertz CT molecular complexity index is 284. The molecular weight excluding hydrogens is 162 g/mol. The quantitative estimate of drug-likeness (QED) is 0.642. The van der Waals surface area contributed by atoms with Crippen LogP contribution >= 0.6 is 0 Å². The van der Waals surface area contributed by atoms with Crippen molar-refractivity contribution in [2.45, 2.75) is 6.54 Å². The van der Waals surface area contributed by atoms with Crippen LogP contribution in [-0.2, 0) is 6.54 Å². The summed E-state index contributed by atoms with van der Waals surface area (Å²) in [4.78, 5) is 0. The van der Waals surface area contributed by atoms with Crippen LogP contribution < -0.4 is 0 Å². The molecule has 0 unspecified atom stereocenters. The molecule has 65 valence electrons. The van der Waals surface area contributed by atoms with Crippen LogP contribution in [0.4, 0.5) is 0 Å². The largest absolute Gasteiger partial charge is 0.248 e. The molecule has 0 aromatic carbocycles. The van der Waals surface area contributed by atoms with E-state index in [2.05, 4.69) is 16.9 Å². The first-order chi connectivity index (χ1) is 6.40. The van der Waals surface area contributed by atoms with Gasteiger partial charge in [-0.3, -0.25) is 0 Å². The normalized spacial score (nSPS) is 17.8. The highest BCUT2D eigenvalue weighted by Gasteiger charge is 2.21. The van der Waals surface area contributed by atoms with Gasteiger partial charge in [-0.25, -0.2) is 4.68 Å². The van der Waals surface area contributed by atoms with Gasteiger partial charge in [-0.1, -0.05) is 11.3 Å². The van der Waals surface area contributed by atoms with Gasteiger partial charge in [0.1, 0.15) is 0 Å². The molecule has 0 spiro atoms. The third-order valence-electron chi connectivity index (χ3n) is 1.81. The predicted octanol–water partition coefficient (Wildman–Crippen LogP) is 1.22. The Morgan fingerprint density at radius 3 is 2.85 bits per heavy atom. The first-order valence-electron chi connectivity index (χ1n) is 4.13. The first-order valence-corrected chi connectivity index (χ1v) is 4.13. The van der Waals surface area contributed by atoms with Crippen molar-refractivity contribution in [2.75, 3.05) is 0 Å². The highest BCUT2D eigenvalue weighted by molar-refractivity contribution is 5.45. The summed E-state index contributed by atoms with van der Waals surface area (Å²) in [6, 6.07) is 0. The van der Waals surface area contributed by atoms with E-state index < -0.39 is 0 Å². The SMILES string of the molecule is C=CCn1cc([C]2[CH][CH][CH][CH]2)nn1. The zero-order chi connectivity index (χ0) is 9.10. The lowest BCUT2D eigenvalue weighted by Crippen LogP contribution is -1.95. The molecule has 1 heterocycles. The van der Waals surface area contributed by atoms with Gasteiger partial charge < -0.3 is 0 Å². The van der Waals surface area contributed by atoms with Crippen LogP contribution in [0.5, 0.6) is 0 Å². The number of nitrogens with zero attached hydrogens (tertiary/aromatic N) is 3. The number of hydrogen-bond donors (Lipinski definition) is 0. The van der Waals surface area contributed by atoms with Gasteiger partial charge in [0, 0.05) is 12.1 Å². The van der Waals surface area contributed by atoms with E-state index in [1.54, 1.807) is 10.8 Å². The standard InChI is InChI=1S/C10H10N3/c1-2-7-13-8-10(11-12-13)9-5-3-4-6-9/h2-6,8H,1,7H2. The van der Waals surface area contributed by atoms with Gasteiger partial charge in [0.15, 0.2) is 0 Å². The second-order valence-corrected chi connectivity index (χ2v) is 2.79. The van der Waals surface area contributed by atoms with Crippen LogP contribution in [0.1, 0.15) is 5.69 Å². The van der Waals surface area contributed by atoms with Crippen molar-refractivity contribution in [3.8, 4) is 0 Å². The van der Waals surface area contributed by atoms with E-state index in [9.17, 15) is 0 Å². The maximum atomic E-state index is 4.04. The summed E-state index contributed by atoms with van der Waals surface area (Å²) >= 11 is 0. The molecule has 5 radical (unpaired) electrons. The van der Waals surface area contributed by atoms with Gasteiger partial charge in [0.05, 0.1) is 12.2 Å². The maximum absolute atomic E-state index is 4.04. The zero-order valence-corrected chi connectivity index (χ0v) is 7.22. The lowest BCUT2D eigenvalue weighted by atomic mass is 10.1. The summed E-state index contributed by atoms with van der Waals surface area (Å²) in [6.07, 6.45) is 11.7. The van der Waals surface area contributed by atoms with E-state index in [0.29, 0.717) is 6.54 Å². The predicted molar refractivity (Wildman–Crippen MR) is 49.8 cm³/mol. The summed E-state index contributed by atoms with van der Waals surface area (Å²) in [5, 5.41) is 8.00. The molecular formula is C10H10N3. The number of aromatic nitrogens is 3. The number of rotatable bonds is 3. The molecule has 1 saturated carbocycles. The Hall–Kier alpha value is -1.12. The fraction of sp³-hybridized carbons (Fsp3) is 0.100. The number of hydrogen-bond acceptors (Lipinski definition) is 2. The molecule has 3 nitrogen and oxygen atoms in total. The van der Waals surface area contributed by atoms with E-state index >= 15 is 0 Å². The second-order valence-electron chi connectivity index (χ2n) is 2.79. The summed E-state index contributed by atoms with van der Waals surface area (Å²) < 4.78 is 1.76. The molecule has 1 aliphatic rings. The Morgan fingerprint density at radius 2 is 2.15 bits per heavy atom. The van der Waals surface area contributed by atoms with Crippen LogP contribution in [0.2, 0.25) is 0 Å². The summed E-state index contributed by atoms with van der Waals surface area (Å²) in [7, 11) is 0. The second kappa shape index (κ2) is 3.73. The Balaban J connectivity index is 2.07. The van der Waals surface area contributed by atoms with Crippen molar-refractivity contribution in [3.05, 3.63) is 56.1 Å². The van der Waals surface area contributed by atoms with Crippen molar-refractivity contribution < 1.29 is 0 Å². The van der Waals surface area contributed by atoms with Crippen LogP contribution in [0.25, 0.3) is 0 Å². The van der Waals surface area contributed by atoms with E-state index in [1.807, 2.05) is 31.9 Å². The van der Waals surface area contributed by atoms with Crippen LogP contribution in [-0.4, -0.2) is 15.0 Å². The summed E-state index contributed by atoms with van der Waals surface area (Å²) in [6.45, 7) is 4.34. The third-order valence-corrected chi connectivity index (χ3v) is 1.81. The van der Waals surface area contributed by atoms with Crippen molar-refractivity contribution in [3.63, 3.8) is 0 Å². The molecule has 2 rings (SSSR count). The fourth-order valence-corrected chi connectivity index (χ4v) is 1.20. The maximum Gasteiger partial charge on any atom is 0.0904 e. The lowest BCUT2D eigenvalue weighted by Gasteiger charge is -1.99. The highest BCUT2D eigenvalue weighted by Crippen LogP contribution is 2.28. The fourth-order valence-electron chi connectivity index (χ4n) is 1.20. The van der Waals surface area contributed by atoms with Crippen LogP contribution in [0.15, 0.2) is 18.9 Å². The van der Waals surface area contributed by atoms with E-state index in [4.69, 9.17) is 0 Å². The van der Waals surface area contributed by atoms with Gasteiger partial charge in [0.25, 0.3) is 0 Å². The van der Waals surface area contributed by atoms with Gasteiger partial charge in [-0.05, 0) is 25.7 Å². The zero-order valence-electron chi connectivity index (χ0n) is 7.22. The minimum absolute atomic E-state index is 0.702. The molecule has 1 aromatic rings. The topological polar surface area (TPSA) is 30.7 Å². The lowest BCUT2D eigenvalue weighted by molar-refractivity contribution is 0.662. The molecule has 1 fully saturated rings. The monoisotopic (exact) mass is 172 g/mol. The molecule has 1 aliphatic carbocycles. The molecule has 0 aliphatic heterocycles. The Labute approximate surface area is 78.5 Å². The minimum atomic E-state index is 0.702. The molecule has 0 N–H and O–H groups in total. The van der Waals surface area contributed by atoms with Crippen molar-refractivity contribution in [2.24, 2.45) is 0 Å². The number of allylic oxidation sites excluding steroid dienone is 1. The van der Waals surface area contributed by atoms with Crippen molar-refractivity contribution in [1.82, 2.24) is 15.0 Å². The van der Waals surface area contributed by atoms with Crippen molar-refractivity contribution in [1.29, 1.82) is 0 Å². The molecule has 0 bridgehead atoms. The van der Waals surface area contributed by atoms with E-state index in [-0.39, 0.29) is 0 Å². The van der Waals surface area contributed by atoms with Crippen LogP contribution in [0, 0.1) is 31.6 Å². The van der Waals surface area contributed by atoms with Gasteiger partial charge in [-0.2, -0.15) is 0 Å². The van der Waals surface area contributed by atoms with E-state index in [0.717, 1.165) is 11.6 Å². The molecule has 0 atom stereocenters. The highest BCUT2D eigenvalue weighted by atomic mass is 15.4. The average molecular weight is 172 g/mol. The van der Waals surface area contributed by atoms with Gasteiger partial charge in [-0.15, -0.1) is 11.7 Å². The van der Waals surface area contributed by atoms with Crippen molar-refractivity contribution >= 4 is 0 Å². The minimum Gasteiger partial charge on any atom is -0.248 e. The first kappa shape index (κ1) is 8.48. The summed E-state index contributed by atoms with van der Waals surface area (Å²) in [5.74, 6) is 1.11. The smallest absolute Gasteiger partial charge is 0.0904 e. The van der Waals surface area contributed by atoms with Gasteiger partial charge >= 0.3 is 0 Å². The molecule has 13 heavy (non-hydrogen) atoms. The van der Waals surface area contributed by atoms with Gasteiger partial charge in [0.2, 0.25) is 0 Å². The molecule has 0 saturated heterocycles. The molecule has 3 heteroatoms. The summed E-state index contributed by atoms with van der Waals surface area (Å²) in [5.41, 5.74) is 0.909. The van der Waals surface area contributed by atoms with Crippen LogP contribution in [0.3, 0.4) is 0 Å². The third kappa shape index (κ3) is 1.79. The molecule has 1 aromatic heterocycles. The molecule has 0 amide bonds. The van der Waals surface area contributed by atoms with E-state index in [1.165, 1.54) is 0 Å². The average Bonchev–Trinajstić information content (AvgIpc) is 2.70. The Morgan fingerprint density at radius 1 is 1.38 bits per heavy atom. The Kier molecular flexibility index (Phi) is 2.43.